The van der Waals surface area contributed by atoms with Crippen molar-refractivity contribution < 1.29 is 14.3 Å². The van der Waals surface area contributed by atoms with Crippen molar-refractivity contribution in [3.63, 3.8) is 0 Å². The van der Waals surface area contributed by atoms with Crippen LogP contribution >= 0.6 is 11.6 Å². The molecular weight excluding hydrogens is 290 g/mol. The number of alkyl halides is 1. The van der Waals surface area contributed by atoms with Crippen LogP contribution < -0.4 is 0 Å². The zero-order valence-electron chi connectivity index (χ0n) is 12.2. The topological polar surface area (TPSA) is 38.8 Å². The predicted molar refractivity (Wildman–Crippen MR) is 84.3 cm³/mol. The summed E-state index contributed by atoms with van der Waals surface area (Å²) in [6, 6.07) is 0. The lowest BCUT2D eigenvalue weighted by Gasteiger charge is -2.33. The highest BCUT2D eigenvalue weighted by atomic mass is 35.5. The molecule has 0 bridgehead atoms. The number of hydrogen-bond donors (Lipinski definition) is 0. The first-order valence-electron chi connectivity index (χ1n) is 6.98. The third-order valence-electron chi connectivity index (χ3n) is 3.27. The van der Waals surface area contributed by atoms with Crippen molar-refractivity contribution in [1.29, 1.82) is 0 Å². The van der Waals surface area contributed by atoms with Gasteiger partial charge in [-0.2, -0.15) is 0 Å². The molecule has 0 aromatic rings. The van der Waals surface area contributed by atoms with Gasteiger partial charge in [-0.1, -0.05) is 18.1 Å². The Balaban J connectivity index is 2.52. The van der Waals surface area contributed by atoms with Crippen molar-refractivity contribution in [1.82, 2.24) is 4.90 Å². The maximum atomic E-state index is 12.1. The van der Waals surface area contributed by atoms with E-state index >= 15 is 0 Å². The number of halogens is 1. The SMILES string of the molecule is C#CCOC1CC(OC(=O)N(CC=C)CC=C)CCC1Cl. The number of amides is 1. The van der Waals surface area contributed by atoms with Gasteiger partial charge < -0.3 is 14.4 Å². The molecule has 1 amide bonds. The summed E-state index contributed by atoms with van der Waals surface area (Å²) < 4.78 is 11.0. The Kier molecular flexibility index (Phi) is 7.96. The summed E-state index contributed by atoms with van der Waals surface area (Å²) in [5.74, 6) is 2.42. The van der Waals surface area contributed by atoms with E-state index in [2.05, 4.69) is 19.1 Å². The molecule has 0 aromatic heterocycles. The maximum Gasteiger partial charge on any atom is 0.410 e. The zero-order valence-corrected chi connectivity index (χ0v) is 12.9. The highest BCUT2D eigenvalue weighted by Crippen LogP contribution is 2.28. The molecule has 5 heteroatoms. The second-order valence-corrected chi connectivity index (χ2v) is 5.43. The molecule has 1 fully saturated rings. The second-order valence-electron chi connectivity index (χ2n) is 4.87. The van der Waals surface area contributed by atoms with Crippen LogP contribution in [0.1, 0.15) is 19.3 Å². The first-order chi connectivity index (χ1) is 10.1. The molecule has 0 heterocycles. The lowest BCUT2D eigenvalue weighted by Crippen LogP contribution is -2.40. The molecule has 1 rings (SSSR count). The molecular formula is C16H22ClNO3. The van der Waals surface area contributed by atoms with Crippen LogP contribution in [0.3, 0.4) is 0 Å². The van der Waals surface area contributed by atoms with Crippen LogP contribution in [0.5, 0.6) is 0 Å². The molecule has 116 valence electrons. The third-order valence-corrected chi connectivity index (χ3v) is 3.77. The van der Waals surface area contributed by atoms with E-state index in [-0.39, 0.29) is 30.3 Å². The predicted octanol–water partition coefficient (Wildman–Crippen LogP) is 2.98. The maximum absolute atomic E-state index is 12.1. The van der Waals surface area contributed by atoms with Gasteiger partial charge in [0, 0.05) is 19.5 Å². The van der Waals surface area contributed by atoms with E-state index in [9.17, 15) is 4.79 Å². The summed E-state index contributed by atoms with van der Waals surface area (Å²) in [5, 5.41) is -0.0919. The summed E-state index contributed by atoms with van der Waals surface area (Å²) in [5.41, 5.74) is 0. The van der Waals surface area contributed by atoms with Crippen LogP contribution in [0.4, 0.5) is 4.79 Å². The van der Waals surface area contributed by atoms with Crippen LogP contribution in [-0.4, -0.2) is 48.3 Å². The quantitative estimate of drug-likeness (QED) is 0.412. The van der Waals surface area contributed by atoms with Crippen molar-refractivity contribution in [2.75, 3.05) is 19.7 Å². The number of terminal acetylenes is 1. The third kappa shape index (κ3) is 5.82. The van der Waals surface area contributed by atoms with Crippen molar-refractivity contribution in [2.24, 2.45) is 0 Å². The normalized spacial score (nSPS) is 24.7. The summed E-state index contributed by atoms with van der Waals surface area (Å²) in [6.07, 6.45) is 9.76. The van der Waals surface area contributed by atoms with E-state index < -0.39 is 0 Å². The number of nitrogens with zero attached hydrogens (tertiary/aromatic N) is 1. The smallest absolute Gasteiger partial charge is 0.410 e. The lowest BCUT2D eigenvalue weighted by atomic mass is 9.94. The minimum absolute atomic E-state index is 0.0919. The monoisotopic (exact) mass is 311 g/mol. The molecule has 1 aliphatic carbocycles. The summed E-state index contributed by atoms with van der Waals surface area (Å²) in [7, 11) is 0. The van der Waals surface area contributed by atoms with Crippen LogP contribution in [0.25, 0.3) is 0 Å². The van der Waals surface area contributed by atoms with Crippen molar-refractivity contribution in [3.8, 4) is 12.3 Å². The average Bonchev–Trinajstić information content (AvgIpc) is 2.47. The molecule has 0 N–H and O–H groups in total. The van der Waals surface area contributed by atoms with Gasteiger partial charge in [0.2, 0.25) is 0 Å². The highest BCUT2D eigenvalue weighted by molar-refractivity contribution is 6.21. The van der Waals surface area contributed by atoms with Crippen LogP contribution in [0, 0.1) is 12.3 Å². The minimum atomic E-state index is -0.372. The summed E-state index contributed by atoms with van der Waals surface area (Å²) >= 11 is 6.21. The minimum Gasteiger partial charge on any atom is -0.446 e. The fourth-order valence-electron chi connectivity index (χ4n) is 2.24. The fraction of sp³-hybridized carbons (Fsp3) is 0.562. The van der Waals surface area contributed by atoms with Gasteiger partial charge >= 0.3 is 6.09 Å². The Morgan fingerprint density at radius 3 is 2.62 bits per heavy atom. The standard InChI is InChI=1S/C16H22ClNO3/c1-4-9-18(10-5-2)16(19)21-13-7-8-14(17)15(12-13)20-11-6-3/h3-5,13-15H,1-2,7-12H2. The molecule has 0 saturated heterocycles. The van der Waals surface area contributed by atoms with Crippen LogP contribution in [0.15, 0.2) is 25.3 Å². The second kappa shape index (κ2) is 9.49. The average molecular weight is 312 g/mol. The van der Waals surface area contributed by atoms with E-state index in [1.807, 2.05) is 0 Å². The van der Waals surface area contributed by atoms with Gasteiger partial charge in [-0.25, -0.2) is 4.79 Å². The Labute approximate surface area is 131 Å². The summed E-state index contributed by atoms with van der Waals surface area (Å²) in [4.78, 5) is 13.6. The van der Waals surface area contributed by atoms with E-state index in [0.717, 1.165) is 12.8 Å². The number of hydrogen-bond acceptors (Lipinski definition) is 3. The Hall–Kier alpha value is -1.44. The van der Waals surface area contributed by atoms with Gasteiger partial charge in [-0.05, 0) is 12.8 Å². The molecule has 1 aliphatic rings. The Morgan fingerprint density at radius 2 is 2.05 bits per heavy atom. The lowest BCUT2D eigenvalue weighted by molar-refractivity contribution is -0.0144. The Morgan fingerprint density at radius 1 is 1.38 bits per heavy atom. The Bertz CT molecular complexity index is 395. The van der Waals surface area contributed by atoms with Crippen molar-refractivity contribution >= 4 is 17.7 Å². The van der Waals surface area contributed by atoms with Crippen molar-refractivity contribution in [2.45, 2.75) is 36.8 Å². The van der Waals surface area contributed by atoms with E-state index in [1.165, 1.54) is 4.90 Å². The molecule has 0 aliphatic heterocycles. The van der Waals surface area contributed by atoms with E-state index in [0.29, 0.717) is 19.5 Å². The first-order valence-corrected chi connectivity index (χ1v) is 7.42. The first kappa shape index (κ1) is 17.6. The van der Waals surface area contributed by atoms with Gasteiger partial charge in [0.15, 0.2) is 0 Å². The van der Waals surface area contributed by atoms with Gasteiger partial charge in [-0.15, -0.1) is 31.2 Å². The molecule has 0 spiro atoms. The molecule has 21 heavy (non-hydrogen) atoms. The molecule has 3 unspecified atom stereocenters. The van der Waals surface area contributed by atoms with Gasteiger partial charge in [-0.3, -0.25) is 0 Å². The highest BCUT2D eigenvalue weighted by Gasteiger charge is 2.32. The largest absolute Gasteiger partial charge is 0.446 e. The van der Waals surface area contributed by atoms with Gasteiger partial charge in [0.25, 0.3) is 0 Å². The molecule has 3 atom stereocenters. The molecule has 4 nitrogen and oxygen atoms in total. The molecule has 0 radical (unpaired) electrons. The van der Waals surface area contributed by atoms with Crippen LogP contribution in [-0.2, 0) is 9.47 Å². The molecule has 1 saturated carbocycles. The van der Waals surface area contributed by atoms with E-state index in [4.69, 9.17) is 27.5 Å². The van der Waals surface area contributed by atoms with Crippen molar-refractivity contribution in [3.05, 3.63) is 25.3 Å². The number of ether oxygens (including phenoxy) is 2. The summed E-state index contributed by atoms with van der Waals surface area (Å²) in [6.45, 7) is 8.32. The number of carbonyl (C=O) groups is 1. The zero-order chi connectivity index (χ0) is 15.7. The number of rotatable bonds is 7. The van der Waals surface area contributed by atoms with Crippen LogP contribution in [0.2, 0.25) is 0 Å². The van der Waals surface area contributed by atoms with Gasteiger partial charge in [0.05, 0.1) is 11.5 Å². The number of carbonyl (C=O) groups excluding carboxylic acids is 1. The van der Waals surface area contributed by atoms with E-state index in [1.54, 1.807) is 12.2 Å². The molecule has 0 aromatic carbocycles. The van der Waals surface area contributed by atoms with Gasteiger partial charge in [0.1, 0.15) is 12.7 Å². The fourth-order valence-corrected chi connectivity index (χ4v) is 2.54.